The quantitative estimate of drug-likeness (QED) is 0.593. The van der Waals surface area contributed by atoms with Gasteiger partial charge in [0.05, 0.1) is 5.69 Å². The van der Waals surface area contributed by atoms with Crippen LogP contribution in [0, 0.1) is 0 Å². The zero-order valence-electron chi connectivity index (χ0n) is 10.7. The lowest BCUT2D eigenvalue weighted by Gasteiger charge is -2.05. The van der Waals surface area contributed by atoms with Gasteiger partial charge in [0.2, 0.25) is 0 Å². The van der Waals surface area contributed by atoms with Crippen molar-refractivity contribution < 1.29 is 0 Å². The number of para-hydroxylation sites is 1. The van der Waals surface area contributed by atoms with Crippen molar-refractivity contribution in [2.45, 2.75) is 10.6 Å². The number of fused-ring (bicyclic) bond motifs is 1. The highest BCUT2D eigenvalue weighted by Crippen LogP contribution is 2.26. The van der Waals surface area contributed by atoms with Gasteiger partial charge in [-0.3, -0.25) is 9.20 Å². The molecule has 2 heterocycles. The molecule has 20 heavy (non-hydrogen) atoms. The van der Waals surface area contributed by atoms with Gasteiger partial charge in [-0.2, -0.15) is 0 Å². The number of hydrogen-bond donors (Lipinski definition) is 1. The van der Waals surface area contributed by atoms with Gasteiger partial charge in [-0.1, -0.05) is 18.2 Å². The monoisotopic (exact) mass is 283 g/mol. The fraction of sp³-hybridized carbons (Fsp3) is 0.0667. The third-order valence-corrected chi connectivity index (χ3v) is 4.04. The van der Waals surface area contributed by atoms with Crippen molar-refractivity contribution in [1.82, 2.24) is 9.38 Å². The van der Waals surface area contributed by atoms with E-state index in [0.717, 1.165) is 16.3 Å². The van der Waals surface area contributed by atoms with Gasteiger partial charge >= 0.3 is 0 Å². The number of hydrogen-bond acceptors (Lipinski definition) is 4. The highest BCUT2D eigenvalue weighted by atomic mass is 32.2. The van der Waals surface area contributed by atoms with E-state index in [1.165, 1.54) is 4.40 Å². The molecule has 0 atom stereocenters. The summed E-state index contributed by atoms with van der Waals surface area (Å²) < 4.78 is 1.53. The number of nitrogens with two attached hydrogens (primary N) is 1. The first-order chi connectivity index (χ1) is 9.74. The van der Waals surface area contributed by atoms with Crippen LogP contribution in [0.25, 0.3) is 5.65 Å². The smallest absolute Gasteiger partial charge is 0.258 e. The number of rotatable bonds is 3. The second kappa shape index (κ2) is 5.38. The van der Waals surface area contributed by atoms with Gasteiger partial charge in [-0.05, 0) is 24.3 Å². The lowest BCUT2D eigenvalue weighted by atomic mass is 10.3. The lowest BCUT2D eigenvalue weighted by molar-refractivity contribution is 1.01. The third-order valence-electron chi connectivity index (χ3n) is 2.92. The van der Waals surface area contributed by atoms with Gasteiger partial charge < -0.3 is 5.73 Å². The number of thioether (sulfide) groups is 1. The summed E-state index contributed by atoms with van der Waals surface area (Å²) in [5, 5.41) is 0. The number of nitrogens with zero attached hydrogens (tertiary/aromatic N) is 2. The second-order valence-corrected chi connectivity index (χ2v) is 5.36. The van der Waals surface area contributed by atoms with Crippen LogP contribution in [-0.2, 0) is 5.75 Å². The molecule has 3 aromatic rings. The van der Waals surface area contributed by atoms with Crippen molar-refractivity contribution in [3.63, 3.8) is 0 Å². The zero-order valence-corrected chi connectivity index (χ0v) is 11.5. The number of benzene rings is 1. The van der Waals surface area contributed by atoms with E-state index in [4.69, 9.17) is 5.73 Å². The molecule has 100 valence electrons. The predicted molar refractivity (Wildman–Crippen MR) is 81.9 cm³/mol. The normalized spacial score (nSPS) is 10.8. The Morgan fingerprint density at radius 1 is 1.15 bits per heavy atom. The van der Waals surface area contributed by atoms with Crippen LogP contribution in [0.1, 0.15) is 5.69 Å². The Morgan fingerprint density at radius 2 is 1.95 bits per heavy atom. The van der Waals surface area contributed by atoms with Crippen molar-refractivity contribution in [2.24, 2.45) is 0 Å². The number of pyridine rings is 1. The van der Waals surface area contributed by atoms with Crippen molar-refractivity contribution in [3.05, 3.63) is 70.8 Å². The van der Waals surface area contributed by atoms with E-state index in [0.29, 0.717) is 11.4 Å². The summed E-state index contributed by atoms with van der Waals surface area (Å²) >= 11 is 1.58. The van der Waals surface area contributed by atoms with Crippen LogP contribution in [-0.4, -0.2) is 9.38 Å². The average molecular weight is 283 g/mol. The molecule has 0 bridgehead atoms. The van der Waals surface area contributed by atoms with Crippen molar-refractivity contribution in [3.8, 4) is 0 Å². The zero-order chi connectivity index (χ0) is 13.9. The van der Waals surface area contributed by atoms with E-state index in [1.54, 1.807) is 24.0 Å². The fourth-order valence-corrected chi connectivity index (χ4v) is 2.80. The molecule has 0 saturated carbocycles. The van der Waals surface area contributed by atoms with E-state index in [1.807, 2.05) is 42.5 Å². The fourth-order valence-electron chi connectivity index (χ4n) is 1.94. The highest BCUT2D eigenvalue weighted by molar-refractivity contribution is 7.98. The molecule has 0 saturated heterocycles. The molecule has 3 rings (SSSR count). The molecule has 0 spiro atoms. The Morgan fingerprint density at radius 3 is 2.80 bits per heavy atom. The third kappa shape index (κ3) is 2.53. The molecule has 0 unspecified atom stereocenters. The van der Waals surface area contributed by atoms with Crippen molar-refractivity contribution in [1.29, 1.82) is 0 Å². The topological polar surface area (TPSA) is 60.4 Å². The van der Waals surface area contributed by atoms with Gasteiger partial charge in [0.15, 0.2) is 0 Å². The largest absolute Gasteiger partial charge is 0.398 e. The van der Waals surface area contributed by atoms with Gasteiger partial charge in [-0.25, -0.2) is 4.98 Å². The molecule has 0 aliphatic rings. The molecule has 2 N–H and O–H groups in total. The van der Waals surface area contributed by atoms with Gasteiger partial charge in [-0.15, -0.1) is 11.8 Å². The summed E-state index contributed by atoms with van der Waals surface area (Å²) in [7, 11) is 0. The summed E-state index contributed by atoms with van der Waals surface area (Å²) in [5.74, 6) is 0.620. The maximum absolute atomic E-state index is 12.0. The molecule has 2 aromatic heterocycles. The van der Waals surface area contributed by atoms with E-state index in [9.17, 15) is 4.79 Å². The SMILES string of the molecule is Nc1ccccc1SCc1cc(=O)n2ccccc2n1. The number of aromatic nitrogens is 2. The summed E-state index contributed by atoms with van der Waals surface area (Å²) in [6, 6.07) is 14.8. The first-order valence-corrected chi connectivity index (χ1v) is 7.17. The second-order valence-electron chi connectivity index (χ2n) is 4.34. The van der Waals surface area contributed by atoms with Crippen LogP contribution in [0.5, 0.6) is 0 Å². The van der Waals surface area contributed by atoms with E-state index in [2.05, 4.69) is 4.98 Å². The summed E-state index contributed by atoms with van der Waals surface area (Å²) in [6.07, 6.45) is 1.72. The Kier molecular flexibility index (Phi) is 3.43. The van der Waals surface area contributed by atoms with Gasteiger partial charge in [0.25, 0.3) is 5.56 Å². The molecule has 0 amide bonds. The molecule has 0 radical (unpaired) electrons. The first kappa shape index (κ1) is 12.7. The highest BCUT2D eigenvalue weighted by Gasteiger charge is 2.04. The van der Waals surface area contributed by atoms with Gasteiger partial charge in [0, 0.05) is 28.6 Å². The van der Waals surface area contributed by atoms with Crippen LogP contribution < -0.4 is 11.3 Å². The standard InChI is InChI=1S/C15H13N3OS/c16-12-5-1-2-6-13(12)20-10-11-9-15(19)18-8-4-3-7-14(18)17-11/h1-9H,10,16H2. The summed E-state index contributed by atoms with van der Waals surface area (Å²) in [6.45, 7) is 0. The molecular weight excluding hydrogens is 270 g/mol. The molecule has 5 heteroatoms. The Hall–Kier alpha value is -2.27. The molecule has 0 aliphatic heterocycles. The van der Waals surface area contributed by atoms with E-state index in [-0.39, 0.29) is 5.56 Å². The molecule has 0 aliphatic carbocycles. The van der Waals surface area contributed by atoms with Crippen LogP contribution >= 0.6 is 11.8 Å². The average Bonchev–Trinajstić information content (AvgIpc) is 2.46. The van der Waals surface area contributed by atoms with Crippen LogP contribution in [0.15, 0.2) is 64.4 Å². The van der Waals surface area contributed by atoms with Crippen LogP contribution in [0.4, 0.5) is 5.69 Å². The maximum atomic E-state index is 12.0. The predicted octanol–water partition coefficient (Wildman–Crippen LogP) is 2.57. The van der Waals surface area contributed by atoms with Crippen LogP contribution in [0.3, 0.4) is 0 Å². The summed E-state index contributed by atoms with van der Waals surface area (Å²) in [5.41, 5.74) is 8.00. The minimum Gasteiger partial charge on any atom is -0.398 e. The van der Waals surface area contributed by atoms with Crippen molar-refractivity contribution >= 4 is 23.1 Å². The summed E-state index contributed by atoms with van der Waals surface area (Å²) in [4.78, 5) is 17.5. The lowest BCUT2D eigenvalue weighted by Crippen LogP contribution is -2.14. The Bertz CT molecular complexity index is 813. The molecule has 0 fully saturated rings. The minimum atomic E-state index is -0.0627. The number of anilines is 1. The van der Waals surface area contributed by atoms with E-state index < -0.39 is 0 Å². The Balaban J connectivity index is 1.88. The maximum Gasteiger partial charge on any atom is 0.258 e. The minimum absolute atomic E-state index is 0.0627. The first-order valence-electron chi connectivity index (χ1n) is 6.19. The van der Waals surface area contributed by atoms with Crippen LogP contribution in [0.2, 0.25) is 0 Å². The van der Waals surface area contributed by atoms with E-state index >= 15 is 0 Å². The molecule has 4 nitrogen and oxygen atoms in total. The van der Waals surface area contributed by atoms with Crippen molar-refractivity contribution in [2.75, 3.05) is 5.73 Å². The van der Waals surface area contributed by atoms with Gasteiger partial charge in [0.1, 0.15) is 5.65 Å². The number of nitrogen functional groups attached to an aromatic ring is 1. The Labute approximate surface area is 120 Å². The molecule has 1 aromatic carbocycles. The molecular formula is C15H13N3OS.